The zero-order chi connectivity index (χ0) is 19.4. The van der Waals surface area contributed by atoms with Gasteiger partial charge in [-0.25, -0.2) is 14.6 Å². The second kappa shape index (κ2) is 8.05. The highest BCUT2D eigenvalue weighted by Crippen LogP contribution is 2.23. The number of carbonyl (C=O) groups excluding carboxylic acids is 1. The number of nitrogens with one attached hydrogen (secondary N) is 1. The number of thiazole rings is 1. The number of rotatable bonds is 6. The largest absolute Gasteiger partial charge is 0.497 e. The van der Waals surface area contributed by atoms with Crippen LogP contribution < -0.4 is 15.7 Å². The molecule has 3 aromatic rings. The van der Waals surface area contributed by atoms with E-state index in [0.29, 0.717) is 16.4 Å². The van der Waals surface area contributed by atoms with Crippen molar-refractivity contribution in [2.24, 2.45) is 0 Å². The van der Waals surface area contributed by atoms with Crippen LogP contribution in [0.2, 0.25) is 0 Å². The molecular weight excluding hydrogens is 368 g/mol. The fourth-order valence-electron chi connectivity index (χ4n) is 2.50. The molecule has 7 nitrogen and oxygen atoms in total. The van der Waals surface area contributed by atoms with E-state index in [1.54, 1.807) is 21.0 Å². The number of benzene rings is 1. The normalized spacial score (nSPS) is 10.5. The third-order valence-electron chi connectivity index (χ3n) is 3.78. The number of hydrogen-bond acceptors (Lipinski definition) is 8. The Morgan fingerprint density at radius 1 is 1.26 bits per heavy atom. The van der Waals surface area contributed by atoms with Crippen molar-refractivity contribution in [1.29, 1.82) is 0 Å². The van der Waals surface area contributed by atoms with Gasteiger partial charge in [0, 0.05) is 17.1 Å². The van der Waals surface area contributed by atoms with Crippen LogP contribution in [0, 0.1) is 13.8 Å². The lowest BCUT2D eigenvalue weighted by molar-refractivity contribution is 0.0463. The quantitative estimate of drug-likeness (QED) is 0.644. The topological polar surface area (TPSA) is 90.7 Å². The Labute approximate surface area is 159 Å². The number of ether oxygens (including phenoxy) is 2. The third-order valence-corrected chi connectivity index (χ3v) is 4.59. The lowest BCUT2D eigenvalue weighted by Gasteiger charge is -2.07. The Bertz CT molecular complexity index is 981. The maximum absolute atomic E-state index is 12.3. The standard InChI is InChI=1S/C19H18N2O5S/c1-11-8-16(22)26-12(2)17(11)18(23)25-9-14-10-27-19(21-14)20-13-4-6-15(24-3)7-5-13/h4-8,10H,9H2,1-3H3,(H,20,21). The van der Waals surface area contributed by atoms with Gasteiger partial charge in [0.05, 0.1) is 12.8 Å². The van der Waals surface area contributed by atoms with E-state index in [1.165, 1.54) is 17.4 Å². The van der Waals surface area contributed by atoms with Gasteiger partial charge in [0.15, 0.2) is 5.13 Å². The number of hydrogen-bond donors (Lipinski definition) is 1. The summed E-state index contributed by atoms with van der Waals surface area (Å²) in [6.07, 6.45) is 0. The summed E-state index contributed by atoms with van der Waals surface area (Å²) in [5.41, 5.74) is 1.79. The summed E-state index contributed by atoms with van der Waals surface area (Å²) >= 11 is 1.41. The molecule has 0 saturated heterocycles. The second-order valence-electron chi connectivity index (χ2n) is 5.75. The fourth-order valence-corrected chi connectivity index (χ4v) is 3.22. The zero-order valence-electron chi connectivity index (χ0n) is 15.1. The molecule has 0 atom stereocenters. The number of carbonyl (C=O) groups is 1. The molecule has 0 aliphatic heterocycles. The van der Waals surface area contributed by atoms with Crippen LogP contribution in [0.15, 0.2) is 44.9 Å². The van der Waals surface area contributed by atoms with Gasteiger partial charge in [0.25, 0.3) is 0 Å². The van der Waals surface area contributed by atoms with E-state index in [1.807, 2.05) is 29.6 Å². The molecule has 0 spiro atoms. The van der Waals surface area contributed by atoms with E-state index < -0.39 is 11.6 Å². The van der Waals surface area contributed by atoms with Gasteiger partial charge >= 0.3 is 11.6 Å². The summed E-state index contributed by atoms with van der Waals surface area (Å²) < 4.78 is 15.4. The Morgan fingerprint density at radius 2 is 2.00 bits per heavy atom. The Balaban J connectivity index is 1.62. The molecule has 27 heavy (non-hydrogen) atoms. The number of nitrogens with zero attached hydrogens (tertiary/aromatic N) is 1. The predicted octanol–water partition coefficient (Wildman–Crippen LogP) is 3.82. The van der Waals surface area contributed by atoms with Crippen molar-refractivity contribution in [1.82, 2.24) is 4.98 Å². The van der Waals surface area contributed by atoms with Crippen molar-refractivity contribution in [3.8, 4) is 5.75 Å². The van der Waals surface area contributed by atoms with Crippen LogP contribution in [0.25, 0.3) is 0 Å². The summed E-state index contributed by atoms with van der Waals surface area (Å²) in [6, 6.07) is 8.73. The van der Waals surface area contributed by atoms with E-state index in [0.717, 1.165) is 11.4 Å². The summed E-state index contributed by atoms with van der Waals surface area (Å²) in [5, 5.41) is 5.68. The molecule has 0 bridgehead atoms. The first-order valence-electron chi connectivity index (χ1n) is 8.10. The van der Waals surface area contributed by atoms with E-state index in [2.05, 4.69) is 10.3 Å². The molecule has 0 aliphatic carbocycles. The molecule has 0 unspecified atom stereocenters. The molecule has 8 heteroatoms. The molecule has 0 amide bonds. The monoisotopic (exact) mass is 386 g/mol. The highest BCUT2D eigenvalue weighted by molar-refractivity contribution is 7.13. The van der Waals surface area contributed by atoms with Crippen LogP contribution >= 0.6 is 11.3 Å². The molecule has 0 fully saturated rings. The van der Waals surface area contributed by atoms with Gasteiger partial charge in [0.2, 0.25) is 0 Å². The first kappa shape index (κ1) is 18.7. The maximum atomic E-state index is 12.3. The van der Waals surface area contributed by atoms with E-state index in [9.17, 15) is 9.59 Å². The molecule has 140 valence electrons. The molecule has 3 rings (SSSR count). The molecule has 2 heterocycles. The lowest BCUT2D eigenvalue weighted by Crippen LogP contribution is -2.13. The molecule has 1 aromatic carbocycles. The summed E-state index contributed by atoms with van der Waals surface area (Å²) in [7, 11) is 1.61. The molecule has 2 aromatic heterocycles. The van der Waals surface area contributed by atoms with Gasteiger partial charge in [-0.15, -0.1) is 11.3 Å². The second-order valence-corrected chi connectivity index (χ2v) is 6.61. The number of aromatic nitrogens is 1. The van der Waals surface area contributed by atoms with Gasteiger partial charge in [-0.3, -0.25) is 0 Å². The average Bonchev–Trinajstić information content (AvgIpc) is 3.07. The molecular formula is C19H18N2O5S. The van der Waals surface area contributed by atoms with Crippen molar-refractivity contribution >= 4 is 28.1 Å². The van der Waals surface area contributed by atoms with Crippen LogP contribution in [0.3, 0.4) is 0 Å². The van der Waals surface area contributed by atoms with Crippen molar-refractivity contribution in [2.45, 2.75) is 20.5 Å². The van der Waals surface area contributed by atoms with E-state index in [4.69, 9.17) is 13.9 Å². The third kappa shape index (κ3) is 4.53. The lowest BCUT2D eigenvalue weighted by atomic mass is 10.1. The first-order valence-corrected chi connectivity index (χ1v) is 8.98. The summed E-state index contributed by atoms with van der Waals surface area (Å²) in [6.45, 7) is 3.25. The van der Waals surface area contributed by atoms with Crippen LogP contribution in [0.4, 0.5) is 10.8 Å². The number of aryl methyl sites for hydroxylation is 2. The predicted molar refractivity (Wildman–Crippen MR) is 102 cm³/mol. The average molecular weight is 386 g/mol. The SMILES string of the molecule is COc1ccc(Nc2nc(COC(=O)c3c(C)cc(=O)oc3C)cs2)cc1. The molecule has 1 N–H and O–H groups in total. The highest BCUT2D eigenvalue weighted by Gasteiger charge is 2.17. The van der Waals surface area contributed by atoms with E-state index >= 15 is 0 Å². The fraction of sp³-hybridized carbons (Fsp3) is 0.211. The zero-order valence-corrected chi connectivity index (χ0v) is 15.9. The summed E-state index contributed by atoms with van der Waals surface area (Å²) in [5.74, 6) is 0.464. The van der Waals surface area contributed by atoms with Crippen LogP contribution in [-0.2, 0) is 11.3 Å². The minimum Gasteiger partial charge on any atom is -0.497 e. The number of anilines is 2. The smallest absolute Gasteiger partial charge is 0.342 e. The van der Waals surface area contributed by atoms with Crippen molar-refractivity contribution in [3.05, 3.63) is 68.7 Å². The van der Waals surface area contributed by atoms with Crippen molar-refractivity contribution in [2.75, 3.05) is 12.4 Å². The molecule has 0 aliphatic rings. The Kier molecular flexibility index (Phi) is 5.56. The van der Waals surface area contributed by atoms with Crippen LogP contribution in [0.5, 0.6) is 5.75 Å². The number of methoxy groups -OCH3 is 1. The van der Waals surface area contributed by atoms with Gasteiger partial charge in [-0.05, 0) is 43.7 Å². The van der Waals surface area contributed by atoms with Gasteiger partial charge in [0.1, 0.15) is 23.7 Å². The Hall–Kier alpha value is -3.13. The molecule has 0 radical (unpaired) electrons. The maximum Gasteiger partial charge on any atom is 0.342 e. The molecule has 0 saturated carbocycles. The van der Waals surface area contributed by atoms with Crippen molar-refractivity contribution < 1.29 is 18.7 Å². The van der Waals surface area contributed by atoms with Gasteiger partial charge in [-0.1, -0.05) is 0 Å². The van der Waals surface area contributed by atoms with Gasteiger partial charge < -0.3 is 19.2 Å². The minimum atomic E-state index is -0.550. The van der Waals surface area contributed by atoms with Crippen LogP contribution in [-0.4, -0.2) is 18.1 Å². The number of esters is 1. The van der Waals surface area contributed by atoms with Crippen molar-refractivity contribution in [3.63, 3.8) is 0 Å². The van der Waals surface area contributed by atoms with Crippen LogP contribution in [0.1, 0.15) is 27.4 Å². The minimum absolute atomic E-state index is 0.0254. The summed E-state index contributed by atoms with van der Waals surface area (Å²) in [4.78, 5) is 28.0. The van der Waals surface area contributed by atoms with E-state index in [-0.39, 0.29) is 17.9 Å². The Morgan fingerprint density at radius 3 is 2.67 bits per heavy atom. The van der Waals surface area contributed by atoms with Gasteiger partial charge in [-0.2, -0.15) is 0 Å². The highest BCUT2D eigenvalue weighted by atomic mass is 32.1. The first-order chi connectivity index (χ1) is 13.0.